The maximum Gasteiger partial charge on any atom is 0.296 e. The average molecular weight is 590 g/mol. The van der Waals surface area contributed by atoms with Crippen molar-refractivity contribution in [3.8, 4) is 5.75 Å². The summed E-state index contributed by atoms with van der Waals surface area (Å²) in [5.41, 5.74) is 2.37. The van der Waals surface area contributed by atoms with Gasteiger partial charge in [0.15, 0.2) is 15.9 Å². The maximum absolute atomic E-state index is 13.4. The Morgan fingerprint density at radius 3 is 2.52 bits per heavy atom. The van der Waals surface area contributed by atoms with Crippen LogP contribution in [0.15, 0.2) is 101 Å². The van der Waals surface area contributed by atoms with Crippen LogP contribution < -0.4 is 9.64 Å². The normalized spacial score (nSPS) is 15.3. The van der Waals surface area contributed by atoms with E-state index in [9.17, 15) is 14.7 Å². The molecule has 0 saturated heterocycles. The minimum atomic E-state index is -0.898. The fourth-order valence-corrected chi connectivity index (χ4v) is 6.37. The smallest absolute Gasteiger partial charge is 0.296 e. The Hall–Kier alpha value is -3.92. The number of carbonyl (C=O) groups is 2. The highest BCUT2D eigenvalue weighted by Gasteiger charge is 2.45. The number of thioether (sulfide) groups is 1. The predicted molar refractivity (Wildman–Crippen MR) is 159 cm³/mol. The van der Waals surface area contributed by atoms with Crippen LogP contribution in [0.1, 0.15) is 29.7 Å². The first-order chi connectivity index (χ1) is 19.5. The number of ether oxygens (including phenoxy) is 1. The summed E-state index contributed by atoms with van der Waals surface area (Å²) in [7, 11) is 0. The van der Waals surface area contributed by atoms with E-state index < -0.39 is 23.5 Å². The quantitative estimate of drug-likeness (QED) is 0.120. The van der Waals surface area contributed by atoms with E-state index in [0.29, 0.717) is 33.0 Å². The average Bonchev–Trinajstić information content (AvgIpc) is 3.54. The van der Waals surface area contributed by atoms with Crippen LogP contribution in [0.3, 0.4) is 0 Å². The zero-order valence-electron chi connectivity index (χ0n) is 21.4. The molecule has 0 saturated carbocycles. The highest BCUT2D eigenvalue weighted by atomic mass is 35.5. The summed E-state index contributed by atoms with van der Waals surface area (Å²) in [4.78, 5) is 28.2. The molecule has 1 atom stereocenters. The van der Waals surface area contributed by atoms with Gasteiger partial charge < -0.3 is 9.84 Å². The van der Waals surface area contributed by atoms with Crippen LogP contribution >= 0.6 is 34.7 Å². The number of allylic oxidation sites excluding steroid dienone is 1. The minimum Gasteiger partial charge on any atom is -0.503 e. The second-order valence-corrected chi connectivity index (χ2v) is 11.3. The molecule has 1 unspecified atom stereocenters. The summed E-state index contributed by atoms with van der Waals surface area (Å²) in [6.45, 7) is 2.39. The summed E-state index contributed by atoms with van der Waals surface area (Å²) in [5.74, 6) is -0.575. The van der Waals surface area contributed by atoms with Gasteiger partial charge in [-0.2, -0.15) is 0 Å². The number of ketones is 1. The molecule has 3 aromatic carbocycles. The van der Waals surface area contributed by atoms with Crippen LogP contribution in [-0.2, 0) is 15.3 Å². The molecule has 1 aromatic heterocycles. The highest BCUT2D eigenvalue weighted by molar-refractivity contribution is 8.00. The van der Waals surface area contributed by atoms with Crippen molar-refractivity contribution in [1.82, 2.24) is 10.2 Å². The van der Waals surface area contributed by atoms with Crippen LogP contribution in [0.2, 0.25) is 5.02 Å². The van der Waals surface area contributed by atoms with Gasteiger partial charge in [0, 0.05) is 10.8 Å². The fourth-order valence-electron chi connectivity index (χ4n) is 4.22. The Labute approximate surface area is 244 Å². The molecule has 7 nitrogen and oxygen atoms in total. The number of hydrogen-bond acceptors (Lipinski definition) is 8. The lowest BCUT2D eigenvalue weighted by molar-refractivity contribution is -0.117. The van der Waals surface area contributed by atoms with E-state index in [1.807, 2.05) is 61.5 Å². The number of anilines is 1. The summed E-state index contributed by atoms with van der Waals surface area (Å²) in [5, 5.41) is 20.4. The van der Waals surface area contributed by atoms with Gasteiger partial charge in [0.25, 0.3) is 5.91 Å². The molecule has 0 fully saturated rings. The molecule has 1 aliphatic rings. The molecule has 0 aliphatic carbocycles. The first kappa shape index (κ1) is 27.6. The Kier molecular flexibility index (Phi) is 8.64. The number of nitrogens with zero attached hydrogens (tertiary/aromatic N) is 3. The van der Waals surface area contributed by atoms with Crippen molar-refractivity contribution in [3.05, 3.63) is 118 Å². The highest BCUT2D eigenvalue weighted by Crippen LogP contribution is 2.43. The molecule has 0 bridgehead atoms. The van der Waals surface area contributed by atoms with Gasteiger partial charge in [-0.25, -0.2) is 0 Å². The largest absolute Gasteiger partial charge is 0.503 e. The SMILES string of the molecule is CCOc1ccc(C2C(C(=O)C=Cc3ccccc3)=C(O)C(=O)N2c2nnc(SCc3ccccc3Cl)s2)cc1. The lowest BCUT2D eigenvalue weighted by Crippen LogP contribution is -2.30. The number of amides is 1. The number of benzene rings is 3. The van der Waals surface area contributed by atoms with Crippen molar-refractivity contribution in [2.75, 3.05) is 11.5 Å². The molecule has 40 heavy (non-hydrogen) atoms. The lowest BCUT2D eigenvalue weighted by Gasteiger charge is -2.24. The van der Waals surface area contributed by atoms with E-state index in [0.717, 1.165) is 11.1 Å². The summed E-state index contributed by atoms with van der Waals surface area (Å²) in [6.07, 6.45) is 3.02. The molecular formula is C30H24ClN3O4S2. The van der Waals surface area contributed by atoms with Crippen molar-refractivity contribution in [1.29, 1.82) is 0 Å². The molecule has 5 rings (SSSR count). The van der Waals surface area contributed by atoms with Crippen LogP contribution in [0, 0.1) is 0 Å². The van der Waals surface area contributed by atoms with Crippen molar-refractivity contribution < 1.29 is 19.4 Å². The van der Waals surface area contributed by atoms with E-state index in [2.05, 4.69) is 10.2 Å². The van der Waals surface area contributed by atoms with E-state index in [4.69, 9.17) is 16.3 Å². The minimum absolute atomic E-state index is 0.0261. The topological polar surface area (TPSA) is 92.6 Å². The Morgan fingerprint density at radius 2 is 1.80 bits per heavy atom. The molecule has 1 N–H and O–H groups in total. The van der Waals surface area contributed by atoms with Gasteiger partial charge in [0.1, 0.15) is 5.75 Å². The third-order valence-electron chi connectivity index (χ3n) is 6.12. The Balaban J connectivity index is 1.47. The van der Waals surface area contributed by atoms with Gasteiger partial charge in [-0.3, -0.25) is 14.5 Å². The van der Waals surface area contributed by atoms with Crippen LogP contribution in [0.5, 0.6) is 5.75 Å². The first-order valence-corrected chi connectivity index (χ1v) is 14.6. The standard InChI is InChI=1S/C30H24ClN3O4S2/c1-2-38-22-15-13-20(14-16-22)26-25(24(35)17-12-19-8-4-3-5-9-19)27(36)28(37)34(26)29-32-33-30(40-29)39-18-21-10-6-7-11-23(21)31/h3-17,26,36H,2,18H2,1H3. The molecule has 4 aromatic rings. The third-order valence-corrected chi connectivity index (χ3v) is 8.59. The molecule has 0 spiro atoms. The molecule has 1 aliphatic heterocycles. The molecule has 2 heterocycles. The number of aliphatic hydroxyl groups is 1. The number of aliphatic hydroxyl groups excluding tert-OH is 1. The van der Waals surface area contributed by atoms with Crippen LogP contribution in [0.4, 0.5) is 5.13 Å². The summed E-state index contributed by atoms with van der Waals surface area (Å²) < 4.78 is 6.18. The van der Waals surface area contributed by atoms with Gasteiger partial charge in [0.05, 0.1) is 18.2 Å². The van der Waals surface area contributed by atoms with E-state index in [1.165, 1.54) is 34.1 Å². The molecule has 1 amide bonds. The van der Waals surface area contributed by atoms with Crippen molar-refractivity contribution in [3.63, 3.8) is 0 Å². The van der Waals surface area contributed by atoms with E-state index in [1.54, 1.807) is 30.3 Å². The van der Waals surface area contributed by atoms with Gasteiger partial charge in [-0.15, -0.1) is 10.2 Å². The fraction of sp³-hybridized carbons (Fsp3) is 0.133. The van der Waals surface area contributed by atoms with Crippen molar-refractivity contribution in [2.24, 2.45) is 0 Å². The zero-order chi connectivity index (χ0) is 28.1. The molecule has 202 valence electrons. The lowest BCUT2D eigenvalue weighted by atomic mass is 9.95. The third kappa shape index (κ3) is 5.96. The van der Waals surface area contributed by atoms with Crippen LogP contribution in [0.25, 0.3) is 6.08 Å². The maximum atomic E-state index is 13.4. The Morgan fingerprint density at radius 1 is 1.07 bits per heavy atom. The summed E-state index contributed by atoms with van der Waals surface area (Å²) in [6, 6.07) is 23.1. The monoisotopic (exact) mass is 589 g/mol. The van der Waals surface area contributed by atoms with Gasteiger partial charge in [-0.05, 0) is 47.9 Å². The number of hydrogen-bond donors (Lipinski definition) is 1. The van der Waals surface area contributed by atoms with Crippen LogP contribution in [-0.4, -0.2) is 33.6 Å². The molecule has 10 heteroatoms. The van der Waals surface area contributed by atoms with Gasteiger partial charge >= 0.3 is 0 Å². The van der Waals surface area contributed by atoms with E-state index >= 15 is 0 Å². The van der Waals surface area contributed by atoms with E-state index in [-0.39, 0.29) is 10.7 Å². The second kappa shape index (κ2) is 12.5. The molecular weight excluding hydrogens is 566 g/mol. The van der Waals surface area contributed by atoms with Gasteiger partial charge in [0.2, 0.25) is 5.13 Å². The van der Waals surface area contributed by atoms with Gasteiger partial charge in [-0.1, -0.05) is 101 Å². The zero-order valence-corrected chi connectivity index (χ0v) is 23.7. The second-order valence-electron chi connectivity index (χ2n) is 8.68. The van der Waals surface area contributed by atoms with Crippen molar-refractivity contribution >= 4 is 57.6 Å². The van der Waals surface area contributed by atoms with Crippen molar-refractivity contribution in [2.45, 2.75) is 23.1 Å². The molecule has 0 radical (unpaired) electrons. The first-order valence-electron chi connectivity index (χ1n) is 12.4. The Bertz CT molecular complexity index is 1590. The number of aromatic nitrogens is 2. The predicted octanol–water partition coefficient (Wildman–Crippen LogP) is 7.07. The number of carbonyl (C=O) groups excluding carboxylic acids is 2. The number of halogens is 1. The summed E-state index contributed by atoms with van der Waals surface area (Å²) >= 11 is 8.93. The number of rotatable bonds is 10.